The van der Waals surface area contributed by atoms with Crippen LogP contribution in [-0.4, -0.2) is 27.1 Å². The van der Waals surface area contributed by atoms with E-state index < -0.39 is 5.25 Å². The fourth-order valence-corrected chi connectivity index (χ4v) is 4.11. The second-order valence-corrected chi connectivity index (χ2v) is 7.77. The molecule has 2 amide bonds. The van der Waals surface area contributed by atoms with E-state index in [2.05, 4.69) is 10.3 Å². The van der Waals surface area contributed by atoms with Gasteiger partial charge in [-0.05, 0) is 48.5 Å². The SMILES string of the molecule is O=C(C[C@@H]1SC(=Nc2ccccc2)N(Cc2ccco2)C1=O)Nc1ccc(F)cc1. The topological polar surface area (TPSA) is 74.9 Å². The van der Waals surface area contributed by atoms with Crippen LogP contribution in [0.1, 0.15) is 12.2 Å². The number of para-hydroxylation sites is 1. The summed E-state index contributed by atoms with van der Waals surface area (Å²) in [5.41, 5.74) is 1.19. The highest BCUT2D eigenvalue weighted by Crippen LogP contribution is 2.33. The van der Waals surface area contributed by atoms with E-state index in [9.17, 15) is 14.0 Å². The molecule has 3 aromatic rings. The summed E-state index contributed by atoms with van der Waals surface area (Å²) in [5.74, 6) is -0.294. The first-order chi connectivity index (χ1) is 14.6. The molecule has 1 aromatic heterocycles. The van der Waals surface area contributed by atoms with Gasteiger partial charge in [-0.3, -0.25) is 14.5 Å². The standard InChI is InChI=1S/C22H18FN3O3S/c23-15-8-10-17(11-9-15)24-20(27)13-19-21(28)26(14-18-7-4-12-29-18)22(30-19)25-16-5-2-1-3-6-16/h1-12,19H,13-14H2,(H,24,27)/t19-/m0/s1. The number of rotatable bonds is 6. The van der Waals surface area contributed by atoms with Crippen molar-refractivity contribution in [3.8, 4) is 0 Å². The van der Waals surface area contributed by atoms with E-state index in [1.165, 1.54) is 40.9 Å². The zero-order valence-electron chi connectivity index (χ0n) is 15.8. The van der Waals surface area contributed by atoms with Gasteiger partial charge in [-0.25, -0.2) is 9.38 Å². The van der Waals surface area contributed by atoms with Crippen LogP contribution in [-0.2, 0) is 16.1 Å². The Hall–Kier alpha value is -3.39. The van der Waals surface area contributed by atoms with Crippen molar-refractivity contribution in [2.24, 2.45) is 4.99 Å². The Morgan fingerprint density at radius 1 is 1.10 bits per heavy atom. The van der Waals surface area contributed by atoms with Crippen molar-refractivity contribution >= 4 is 40.1 Å². The quantitative estimate of drug-likeness (QED) is 0.630. The van der Waals surface area contributed by atoms with Gasteiger partial charge in [0.15, 0.2) is 5.17 Å². The smallest absolute Gasteiger partial charge is 0.243 e. The third-order valence-electron chi connectivity index (χ3n) is 4.39. The fraction of sp³-hybridized carbons (Fsp3) is 0.136. The molecule has 0 unspecified atom stereocenters. The van der Waals surface area contributed by atoms with Crippen LogP contribution in [0.4, 0.5) is 15.8 Å². The maximum atomic E-state index is 13.0. The molecule has 0 bridgehead atoms. The highest BCUT2D eigenvalue weighted by molar-refractivity contribution is 8.15. The normalized spacial score (nSPS) is 17.5. The molecule has 2 heterocycles. The Balaban J connectivity index is 1.50. The monoisotopic (exact) mass is 423 g/mol. The third kappa shape index (κ3) is 4.77. The number of furan rings is 1. The van der Waals surface area contributed by atoms with Crippen molar-refractivity contribution in [1.82, 2.24) is 4.90 Å². The number of nitrogens with zero attached hydrogens (tertiary/aromatic N) is 2. The number of hydrogen-bond donors (Lipinski definition) is 1. The van der Waals surface area contributed by atoms with Crippen LogP contribution in [0, 0.1) is 5.82 Å². The number of carbonyl (C=O) groups excluding carboxylic acids is 2. The molecule has 30 heavy (non-hydrogen) atoms. The number of amidine groups is 1. The summed E-state index contributed by atoms with van der Waals surface area (Å²) in [6.07, 6.45) is 1.52. The van der Waals surface area contributed by atoms with Gasteiger partial charge in [-0.2, -0.15) is 0 Å². The lowest BCUT2D eigenvalue weighted by Crippen LogP contribution is -2.33. The first-order valence-corrected chi connectivity index (χ1v) is 10.2. The van der Waals surface area contributed by atoms with Crippen LogP contribution in [0.3, 0.4) is 0 Å². The van der Waals surface area contributed by atoms with Gasteiger partial charge in [0.05, 0.1) is 18.5 Å². The number of halogens is 1. The maximum Gasteiger partial charge on any atom is 0.243 e. The lowest BCUT2D eigenvalue weighted by Gasteiger charge is -2.15. The second kappa shape index (κ2) is 8.96. The van der Waals surface area contributed by atoms with Gasteiger partial charge >= 0.3 is 0 Å². The molecule has 1 atom stereocenters. The van der Waals surface area contributed by atoms with Gasteiger partial charge in [0.2, 0.25) is 11.8 Å². The molecular formula is C22H18FN3O3S. The van der Waals surface area contributed by atoms with Gasteiger partial charge in [-0.15, -0.1) is 0 Å². The van der Waals surface area contributed by atoms with Crippen molar-refractivity contribution < 1.29 is 18.4 Å². The summed E-state index contributed by atoms with van der Waals surface area (Å²) in [7, 11) is 0. The number of nitrogens with one attached hydrogen (secondary N) is 1. The van der Waals surface area contributed by atoms with Crippen LogP contribution in [0.5, 0.6) is 0 Å². The maximum absolute atomic E-state index is 13.0. The summed E-state index contributed by atoms with van der Waals surface area (Å²) >= 11 is 1.25. The van der Waals surface area contributed by atoms with Gasteiger partial charge < -0.3 is 9.73 Å². The minimum Gasteiger partial charge on any atom is -0.467 e. The van der Waals surface area contributed by atoms with Crippen molar-refractivity contribution in [3.05, 3.63) is 84.6 Å². The van der Waals surface area contributed by atoms with E-state index in [1.54, 1.807) is 18.4 Å². The van der Waals surface area contributed by atoms with Gasteiger partial charge in [0, 0.05) is 12.1 Å². The van der Waals surface area contributed by atoms with Gasteiger partial charge in [0.25, 0.3) is 0 Å². The van der Waals surface area contributed by atoms with Crippen molar-refractivity contribution in [2.45, 2.75) is 18.2 Å². The first-order valence-electron chi connectivity index (χ1n) is 9.28. The van der Waals surface area contributed by atoms with E-state index in [-0.39, 0.29) is 30.6 Å². The molecule has 6 nitrogen and oxygen atoms in total. The summed E-state index contributed by atoms with van der Waals surface area (Å²) in [4.78, 5) is 31.6. The number of anilines is 1. The minimum atomic E-state index is -0.608. The molecule has 1 aliphatic rings. The average Bonchev–Trinajstić information content (AvgIpc) is 3.35. The largest absolute Gasteiger partial charge is 0.467 e. The molecule has 152 valence electrons. The molecule has 2 aromatic carbocycles. The predicted octanol–water partition coefficient (Wildman–Crippen LogP) is 4.58. The van der Waals surface area contributed by atoms with Crippen LogP contribution in [0.2, 0.25) is 0 Å². The lowest BCUT2D eigenvalue weighted by molar-refractivity contribution is -0.128. The van der Waals surface area contributed by atoms with E-state index in [1.807, 2.05) is 30.3 Å². The lowest BCUT2D eigenvalue weighted by atomic mass is 10.2. The summed E-state index contributed by atoms with van der Waals surface area (Å²) in [6, 6.07) is 18.3. The Kier molecular flexibility index (Phi) is 5.94. The van der Waals surface area contributed by atoms with Crippen LogP contribution < -0.4 is 5.32 Å². The second-order valence-electron chi connectivity index (χ2n) is 6.60. The van der Waals surface area contributed by atoms with Crippen molar-refractivity contribution in [3.63, 3.8) is 0 Å². The van der Waals surface area contributed by atoms with Gasteiger partial charge in [-0.1, -0.05) is 30.0 Å². The Morgan fingerprint density at radius 3 is 2.57 bits per heavy atom. The van der Waals surface area contributed by atoms with E-state index in [0.29, 0.717) is 22.3 Å². The molecule has 1 saturated heterocycles. The van der Waals surface area contributed by atoms with Crippen molar-refractivity contribution in [2.75, 3.05) is 5.32 Å². The number of hydrogen-bond acceptors (Lipinski definition) is 5. The molecule has 1 fully saturated rings. The fourth-order valence-electron chi connectivity index (χ4n) is 2.96. The van der Waals surface area contributed by atoms with Gasteiger partial charge in [0.1, 0.15) is 16.8 Å². The highest BCUT2D eigenvalue weighted by Gasteiger charge is 2.39. The number of carbonyl (C=O) groups is 2. The zero-order chi connectivity index (χ0) is 20.9. The summed E-state index contributed by atoms with van der Waals surface area (Å²) in [6.45, 7) is 0.237. The molecule has 8 heteroatoms. The van der Waals surface area contributed by atoms with Crippen molar-refractivity contribution in [1.29, 1.82) is 0 Å². The van der Waals surface area contributed by atoms with E-state index in [0.717, 1.165) is 0 Å². The summed E-state index contributed by atoms with van der Waals surface area (Å²) < 4.78 is 18.4. The number of amides is 2. The summed E-state index contributed by atoms with van der Waals surface area (Å²) in [5, 5.41) is 2.60. The van der Waals surface area contributed by atoms with Crippen LogP contribution in [0.15, 0.2) is 82.4 Å². The third-order valence-corrected chi connectivity index (χ3v) is 5.57. The highest BCUT2D eigenvalue weighted by atomic mass is 32.2. The molecule has 1 aliphatic heterocycles. The molecule has 0 saturated carbocycles. The van der Waals surface area contributed by atoms with E-state index >= 15 is 0 Å². The molecule has 1 N–H and O–H groups in total. The molecule has 0 spiro atoms. The Bertz CT molecular complexity index is 1050. The Labute approximate surface area is 176 Å². The predicted molar refractivity (Wildman–Crippen MR) is 114 cm³/mol. The average molecular weight is 423 g/mol. The first kappa shape index (κ1) is 19.9. The number of aliphatic imine (C=N–C) groups is 1. The number of thioether (sulfide) groups is 1. The zero-order valence-corrected chi connectivity index (χ0v) is 16.6. The minimum absolute atomic E-state index is 0.0245. The molecule has 0 radical (unpaired) electrons. The number of benzene rings is 2. The van der Waals surface area contributed by atoms with Crippen LogP contribution in [0.25, 0.3) is 0 Å². The van der Waals surface area contributed by atoms with Crippen LogP contribution >= 0.6 is 11.8 Å². The van der Waals surface area contributed by atoms with E-state index in [4.69, 9.17) is 4.42 Å². The molecular weight excluding hydrogens is 405 g/mol. The molecule has 4 rings (SSSR count). The molecule has 0 aliphatic carbocycles. The Morgan fingerprint density at radius 2 is 1.87 bits per heavy atom.